The quantitative estimate of drug-likeness (QED) is 0.807. The lowest BCUT2D eigenvalue weighted by Gasteiger charge is -2.21. The second-order valence-electron chi connectivity index (χ2n) is 4.25. The Morgan fingerprint density at radius 3 is 3.00 bits per heavy atom. The van der Waals surface area contributed by atoms with Gasteiger partial charge in [-0.05, 0) is 44.0 Å². The van der Waals surface area contributed by atoms with Gasteiger partial charge in [-0.3, -0.25) is 4.79 Å². The average Bonchev–Trinajstić information content (AvgIpc) is 2.81. The molecule has 1 aromatic heterocycles. The highest BCUT2D eigenvalue weighted by Crippen LogP contribution is 2.15. The summed E-state index contributed by atoms with van der Waals surface area (Å²) in [5, 5.41) is 6.17. The second-order valence-corrected chi connectivity index (χ2v) is 4.25. The minimum Gasteiger partial charge on any atom is -0.467 e. The van der Waals surface area contributed by atoms with E-state index in [0.29, 0.717) is 18.9 Å². The number of piperidine rings is 1. The highest BCUT2D eigenvalue weighted by atomic mass is 16.3. The van der Waals surface area contributed by atoms with Gasteiger partial charge in [0.1, 0.15) is 5.76 Å². The van der Waals surface area contributed by atoms with Gasteiger partial charge in [0.2, 0.25) is 5.91 Å². The lowest BCUT2D eigenvalue weighted by atomic mass is 9.94. The number of hydrogen-bond donors (Lipinski definition) is 2. The summed E-state index contributed by atoms with van der Waals surface area (Å²) in [7, 11) is 0. The lowest BCUT2D eigenvalue weighted by Crippen LogP contribution is -2.32. The molecule has 0 unspecified atom stereocenters. The molecular formula is C12H18N2O2. The van der Waals surface area contributed by atoms with Gasteiger partial charge in [-0.1, -0.05) is 0 Å². The van der Waals surface area contributed by atoms with Crippen LogP contribution in [0.4, 0.5) is 0 Å². The fraction of sp³-hybridized carbons (Fsp3) is 0.583. The minimum absolute atomic E-state index is 0.128. The third-order valence-corrected chi connectivity index (χ3v) is 2.97. The molecule has 0 spiro atoms. The molecule has 2 rings (SSSR count). The van der Waals surface area contributed by atoms with Crippen molar-refractivity contribution in [3.63, 3.8) is 0 Å². The van der Waals surface area contributed by atoms with Crippen molar-refractivity contribution in [2.24, 2.45) is 5.92 Å². The topological polar surface area (TPSA) is 54.3 Å². The highest BCUT2D eigenvalue weighted by molar-refractivity contribution is 5.76. The number of rotatable bonds is 4. The summed E-state index contributed by atoms with van der Waals surface area (Å²) in [6.45, 7) is 2.57. The molecule has 4 heteroatoms. The number of carbonyl (C=O) groups excluding carboxylic acids is 1. The molecule has 0 radical (unpaired) electrons. The number of hydrogen-bond acceptors (Lipinski definition) is 3. The zero-order chi connectivity index (χ0) is 11.2. The smallest absolute Gasteiger partial charge is 0.220 e. The fourth-order valence-corrected chi connectivity index (χ4v) is 2.02. The van der Waals surface area contributed by atoms with Gasteiger partial charge in [-0.15, -0.1) is 0 Å². The molecule has 2 heterocycles. The van der Waals surface area contributed by atoms with Gasteiger partial charge >= 0.3 is 0 Å². The third-order valence-electron chi connectivity index (χ3n) is 2.97. The maximum atomic E-state index is 11.6. The summed E-state index contributed by atoms with van der Waals surface area (Å²) in [4.78, 5) is 11.6. The zero-order valence-electron chi connectivity index (χ0n) is 9.37. The van der Waals surface area contributed by atoms with Gasteiger partial charge in [-0.2, -0.15) is 0 Å². The summed E-state index contributed by atoms with van der Waals surface area (Å²) in [6.07, 6.45) is 4.47. The summed E-state index contributed by atoms with van der Waals surface area (Å²) in [5.74, 6) is 1.47. The Morgan fingerprint density at radius 1 is 1.50 bits per heavy atom. The highest BCUT2D eigenvalue weighted by Gasteiger charge is 2.16. The summed E-state index contributed by atoms with van der Waals surface area (Å²) in [5.41, 5.74) is 0. The van der Waals surface area contributed by atoms with E-state index in [-0.39, 0.29) is 5.91 Å². The van der Waals surface area contributed by atoms with E-state index in [1.165, 1.54) is 0 Å². The van der Waals surface area contributed by atoms with Crippen LogP contribution < -0.4 is 10.6 Å². The van der Waals surface area contributed by atoms with Crippen LogP contribution in [0.15, 0.2) is 22.8 Å². The van der Waals surface area contributed by atoms with E-state index in [2.05, 4.69) is 10.6 Å². The number of amides is 1. The van der Waals surface area contributed by atoms with Crippen molar-refractivity contribution >= 4 is 5.91 Å². The Bertz CT molecular complexity index is 316. The molecule has 0 aromatic carbocycles. The standard InChI is InChI=1S/C12H18N2O2/c15-12(8-10-3-5-13-6-4-10)14-9-11-2-1-7-16-11/h1-2,7,10,13H,3-6,8-9H2,(H,14,15). The minimum atomic E-state index is 0.128. The van der Waals surface area contributed by atoms with Crippen LogP contribution in [-0.4, -0.2) is 19.0 Å². The first-order valence-electron chi connectivity index (χ1n) is 5.84. The molecule has 4 nitrogen and oxygen atoms in total. The molecular weight excluding hydrogens is 204 g/mol. The number of nitrogens with one attached hydrogen (secondary N) is 2. The summed E-state index contributed by atoms with van der Waals surface area (Å²) >= 11 is 0. The first kappa shape index (κ1) is 11.2. The Morgan fingerprint density at radius 2 is 2.31 bits per heavy atom. The van der Waals surface area contributed by atoms with Crippen molar-refractivity contribution < 1.29 is 9.21 Å². The molecule has 0 saturated carbocycles. The van der Waals surface area contributed by atoms with Crippen LogP contribution in [0.3, 0.4) is 0 Å². The largest absolute Gasteiger partial charge is 0.467 e. The van der Waals surface area contributed by atoms with E-state index in [1.54, 1.807) is 6.26 Å². The van der Waals surface area contributed by atoms with Crippen molar-refractivity contribution in [2.75, 3.05) is 13.1 Å². The average molecular weight is 222 g/mol. The summed E-state index contributed by atoms with van der Waals surface area (Å²) in [6, 6.07) is 3.69. The number of furan rings is 1. The van der Waals surface area contributed by atoms with Crippen LogP contribution in [0.25, 0.3) is 0 Å². The monoisotopic (exact) mass is 222 g/mol. The number of carbonyl (C=O) groups is 1. The van der Waals surface area contributed by atoms with Crippen LogP contribution in [0, 0.1) is 5.92 Å². The molecule has 1 fully saturated rings. The maximum Gasteiger partial charge on any atom is 0.220 e. The van der Waals surface area contributed by atoms with Gasteiger partial charge in [0.05, 0.1) is 12.8 Å². The lowest BCUT2D eigenvalue weighted by molar-refractivity contribution is -0.122. The SMILES string of the molecule is O=C(CC1CCNCC1)NCc1ccco1. The van der Waals surface area contributed by atoms with Crippen molar-refractivity contribution in [3.05, 3.63) is 24.2 Å². The second kappa shape index (κ2) is 5.70. The molecule has 0 aliphatic carbocycles. The first-order valence-corrected chi connectivity index (χ1v) is 5.84. The van der Waals surface area contributed by atoms with Crippen LogP contribution in [0.2, 0.25) is 0 Å². The van der Waals surface area contributed by atoms with Crippen molar-refractivity contribution in [1.82, 2.24) is 10.6 Å². The molecule has 16 heavy (non-hydrogen) atoms. The maximum absolute atomic E-state index is 11.6. The zero-order valence-corrected chi connectivity index (χ0v) is 9.37. The molecule has 1 aliphatic rings. The normalized spacial score (nSPS) is 17.2. The van der Waals surface area contributed by atoms with E-state index in [1.807, 2.05) is 12.1 Å². The molecule has 0 bridgehead atoms. The van der Waals surface area contributed by atoms with Gasteiger partial charge in [-0.25, -0.2) is 0 Å². The predicted molar refractivity (Wildman–Crippen MR) is 60.8 cm³/mol. The van der Waals surface area contributed by atoms with Crippen LogP contribution in [-0.2, 0) is 11.3 Å². The van der Waals surface area contributed by atoms with E-state index < -0.39 is 0 Å². The van der Waals surface area contributed by atoms with E-state index in [0.717, 1.165) is 31.7 Å². The van der Waals surface area contributed by atoms with Crippen LogP contribution in [0.1, 0.15) is 25.0 Å². The van der Waals surface area contributed by atoms with Gasteiger partial charge in [0, 0.05) is 6.42 Å². The molecule has 2 N–H and O–H groups in total. The molecule has 1 amide bonds. The molecule has 88 valence electrons. The van der Waals surface area contributed by atoms with E-state index in [4.69, 9.17) is 4.42 Å². The Balaban J connectivity index is 1.67. The van der Waals surface area contributed by atoms with E-state index >= 15 is 0 Å². The Labute approximate surface area is 95.4 Å². The van der Waals surface area contributed by atoms with E-state index in [9.17, 15) is 4.79 Å². The molecule has 0 atom stereocenters. The van der Waals surface area contributed by atoms with Gasteiger partial charge in [0.15, 0.2) is 0 Å². The first-order chi connectivity index (χ1) is 7.84. The predicted octanol–water partition coefficient (Wildman–Crippen LogP) is 1.29. The van der Waals surface area contributed by atoms with Gasteiger partial charge < -0.3 is 15.1 Å². The van der Waals surface area contributed by atoms with Crippen LogP contribution >= 0.6 is 0 Å². The van der Waals surface area contributed by atoms with Crippen molar-refractivity contribution in [1.29, 1.82) is 0 Å². The van der Waals surface area contributed by atoms with Crippen molar-refractivity contribution in [3.8, 4) is 0 Å². The third kappa shape index (κ3) is 3.38. The fourth-order valence-electron chi connectivity index (χ4n) is 2.02. The Hall–Kier alpha value is -1.29. The van der Waals surface area contributed by atoms with Crippen LogP contribution in [0.5, 0.6) is 0 Å². The van der Waals surface area contributed by atoms with Crippen molar-refractivity contribution in [2.45, 2.75) is 25.8 Å². The Kier molecular flexibility index (Phi) is 3.99. The summed E-state index contributed by atoms with van der Waals surface area (Å²) < 4.78 is 5.15. The molecule has 1 aliphatic heterocycles. The molecule has 1 aromatic rings. The molecule has 1 saturated heterocycles. The van der Waals surface area contributed by atoms with Gasteiger partial charge in [0.25, 0.3) is 0 Å².